The van der Waals surface area contributed by atoms with Gasteiger partial charge >= 0.3 is 0 Å². The molecule has 1 saturated carbocycles. The predicted octanol–water partition coefficient (Wildman–Crippen LogP) is 3.96. The maximum atomic E-state index is 12.7. The zero-order valence-corrected chi connectivity index (χ0v) is 14.1. The van der Waals surface area contributed by atoms with E-state index in [0.29, 0.717) is 23.6 Å². The number of aryl methyl sites for hydroxylation is 1. The summed E-state index contributed by atoms with van der Waals surface area (Å²) >= 11 is 0. The first kappa shape index (κ1) is 15.8. The number of aromatic nitrogens is 1. The molecule has 0 saturated heterocycles. The molecule has 23 heavy (non-hydrogen) atoms. The Morgan fingerprint density at radius 1 is 1.30 bits per heavy atom. The van der Waals surface area contributed by atoms with Crippen LogP contribution in [0.3, 0.4) is 0 Å². The average Bonchev–Trinajstić information content (AvgIpc) is 2.89. The van der Waals surface area contributed by atoms with Crippen molar-refractivity contribution in [2.75, 3.05) is 6.54 Å². The lowest BCUT2D eigenvalue weighted by molar-refractivity contribution is 0.0925. The molecular weight excluding hydrogens is 288 g/mol. The molecule has 1 N–H and O–H groups in total. The normalized spacial score (nSPS) is 16.2. The van der Waals surface area contributed by atoms with Crippen molar-refractivity contribution in [3.63, 3.8) is 0 Å². The molecule has 3 rings (SSSR count). The Morgan fingerprint density at radius 3 is 2.57 bits per heavy atom. The molecule has 0 atom stereocenters. The molecule has 4 heteroatoms. The minimum absolute atomic E-state index is 0.0744. The molecule has 1 aliphatic rings. The van der Waals surface area contributed by atoms with Gasteiger partial charge in [0.25, 0.3) is 5.91 Å². The molecule has 1 heterocycles. The van der Waals surface area contributed by atoms with Gasteiger partial charge in [0.1, 0.15) is 5.56 Å². The Labute approximate surface area is 137 Å². The predicted molar refractivity (Wildman–Crippen MR) is 89.6 cm³/mol. The van der Waals surface area contributed by atoms with Crippen LogP contribution < -0.4 is 5.32 Å². The summed E-state index contributed by atoms with van der Waals surface area (Å²) in [5, 5.41) is 7.08. The second-order valence-corrected chi connectivity index (χ2v) is 6.84. The lowest BCUT2D eigenvalue weighted by Gasteiger charge is -2.42. The molecule has 122 valence electrons. The Bertz CT molecular complexity index is 685. The van der Waals surface area contributed by atoms with E-state index in [0.717, 1.165) is 12.8 Å². The smallest absolute Gasteiger partial charge is 0.256 e. The van der Waals surface area contributed by atoms with Crippen molar-refractivity contribution in [2.24, 2.45) is 0 Å². The van der Waals surface area contributed by atoms with Gasteiger partial charge in [0.2, 0.25) is 0 Å². The van der Waals surface area contributed by atoms with Crippen LogP contribution in [0.2, 0.25) is 0 Å². The molecule has 0 radical (unpaired) electrons. The van der Waals surface area contributed by atoms with Crippen molar-refractivity contribution in [3.05, 3.63) is 52.9 Å². The van der Waals surface area contributed by atoms with E-state index in [-0.39, 0.29) is 17.2 Å². The number of carbonyl (C=O) groups is 1. The zero-order valence-electron chi connectivity index (χ0n) is 14.1. The fourth-order valence-electron chi connectivity index (χ4n) is 3.36. The molecular formula is C19H24N2O2. The molecule has 0 bridgehead atoms. The van der Waals surface area contributed by atoms with Gasteiger partial charge in [-0.15, -0.1) is 0 Å². The molecule has 2 aromatic rings. The molecule has 4 nitrogen and oxygen atoms in total. The Kier molecular flexibility index (Phi) is 4.24. The summed E-state index contributed by atoms with van der Waals surface area (Å²) in [4.78, 5) is 12.7. The van der Waals surface area contributed by atoms with Crippen molar-refractivity contribution < 1.29 is 9.32 Å². The number of nitrogens with one attached hydrogen (secondary N) is 1. The maximum absolute atomic E-state index is 12.7. The van der Waals surface area contributed by atoms with Crippen molar-refractivity contribution in [1.82, 2.24) is 10.5 Å². The quantitative estimate of drug-likeness (QED) is 0.909. The number of nitrogens with zero attached hydrogens (tertiary/aromatic N) is 1. The van der Waals surface area contributed by atoms with Gasteiger partial charge in [-0.1, -0.05) is 55.8 Å². The summed E-state index contributed by atoms with van der Waals surface area (Å²) in [5.41, 5.74) is 2.66. The van der Waals surface area contributed by atoms with Gasteiger partial charge in [0, 0.05) is 17.9 Å². The molecule has 0 unspecified atom stereocenters. The van der Waals surface area contributed by atoms with Gasteiger partial charge in [-0.05, 0) is 25.3 Å². The van der Waals surface area contributed by atoms with Crippen LogP contribution in [0.4, 0.5) is 0 Å². The molecule has 1 amide bonds. The van der Waals surface area contributed by atoms with Gasteiger partial charge < -0.3 is 9.84 Å². The molecule has 0 spiro atoms. The number of carbonyl (C=O) groups excluding carboxylic acids is 1. The number of benzene rings is 1. The van der Waals surface area contributed by atoms with Crippen LogP contribution in [0.5, 0.6) is 0 Å². The van der Waals surface area contributed by atoms with Crippen LogP contribution in [0, 0.1) is 6.92 Å². The zero-order chi connectivity index (χ0) is 16.4. The van der Waals surface area contributed by atoms with E-state index >= 15 is 0 Å². The first-order valence-corrected chi connectivity index (χ1v) is 8.33. The van der Waals surface area contributed by atoms with Crippen molar-refractivity contribution >= 4 is 5.91 Å². The molecule has 1 fully saturated rings. The fraction of sp³-hybridized carbons (Fsp3) is 0.474. The second kappa shape index (κ2) is 6.19. The van der Waals surface area contributed by atoms with Gasteiger partial charge in [-0.3, -0.25) is 4.79 Å². The standard InChI is InChI=1S/C19H24N2O2/c1-13(2)17-16(14(3)21-23-17)18(22)20-12-19(10-7-11-19)15-8-5-4-6-9-15/h4-6,8-9,13H,7,10-12H2,1-3H3,(H,20,22). The van der Waals surface area contributed by atoms with E-state index < -0.39 is 0 Å². The molecule has 1 aliphatic carbocycles. The van der Waals surface area contributed by atoms with E-state index in [2.05, 4.69) is 34.7 Å². The van der Waals surface area contributed by atoms with Crippen LogP contribution in [0.25, 0.3) is 0 Å². The van der Waals surface area contributed by atoms with E-state index in [9.17, 15) is 4.79 Å². The van der Waals surface area contributed by atoms with Gasteiger partial charge in [-0.25, -0.2) is 0 Å². The summed E-state index contributed by atoms with van der Waals surface area (Å²) in [6.07, 6.45) is 3.46. The topological polar surface area (TPSA) is 55.1 Å². The summed E-state index contributed by atoms with van der Waals surface area (Å²) in [7, 11) is 0. The Balaban J connectivity index is 1.75. The summed E-state index contributed by atoms with van der Waals surface area (Å²) in [5.74, 6) is 0.737. The lowest BCUT2D eigenvalue weighted by Crippen LogP contribution is -2.45. The Hall–Kier alpha value is -2.10. The SMILES string of the molecule is Cc1noc(C(C)C)c1C(=O)NCC1(c2ccccc2)CCC1. The maximum Gasteiger partial charge on any atom is 0.256 e. The van der Waals surface area contributed by atoms with Crippen LogP contribution in [0.1, 0.15) is 66.4 Å². The third-order valence-corrected chi connectivity index (χ3v) is 4.92. The van der Waals surface area contributed by atoms with E-state index in [4.69, 9.17) is 4.52 Å². The third-order valence-electron chi connectivity index (χ3n) is 4.92. The third kappa shape index (κ3) is 2.90. The molecule has 1 aromatic heterocycles. The van der Waals surface area contributed by atoms with E-state index in [1.54, 1.807) is 0 Å². The first-order valence-electron chi connectivity index (χ1n) is 8.33. The fourth-order valence-corrected chi connectivity index (χ4v) is 3.36. The molecule has 0 aliphatic heterocycles. The highest BCUT2D eigenvalue weighted by molar-refractivity contribution is 5.96. The molecule has 1 aromatic carbocycles. The van der Waals surface area contributed by atoms with Crippen molar-refractivity contribution in [3.8, 4) is 0 Å². The number of rotatable bonds is 5. The largest absolute Gasteiger partial charge is 0.360 e. The van der Waals surface area contributed by atoms with Crippen LogP contribution in [-0.2, 0) is 5.41 Å². The highest BCUT2D eigenvalue weighted by Crippen LogP contribution is 2.43. The monoisotopic (exact) mass is 312 g/mol. The van der Waals surface area contributed by atoms with Gasteiger partial charge in [-0.2, -0.15) is 0 Å². The van der Waals surface area contributed by atoms with Gasteiger partial charge in [0.15, 0.2) is 5.76 Å². The minimum Gasteiger partial charge on any atom is -0.360 e. The highest BCUT2D eigenvalue weighted by atomic mass is 16.5. The van der Waals surface area contributed by atoms with Crippen LogP contribution >= 0.6 is 0 Å². The van der Waals surface area contributed by atoms with E-state index in [1.165, 1.54) is 12.0 Å². The second-order valence-electron chi connectivity index (χ2n) is 6.84. The number of amides is 1. The van der Waals surface area contributed by atoms with Crippen LogP contribution in [-0.4, -0.2) is 17.6 Å². The van der Waals surface area contributed by atoms with Crippen LogP contribution in [0.15, 0.2) is 34.9 Å². The summed E-state index contributed by atoms with van der Waals surface area (Å²) < 4.78 is 5.32. The average molecular weight is 312 g/mol. The highest BCUT2D eigenvalue weighted by Gasteiger charge is 2.39. The summed E-state index contributed by atoms with van der Waals surface area (Å²) in [6, 6.07) is 10.5. The van der Waals surface area contributed by atoms with Gasteiger partial charge in [0.05, 0.1) is 5.69 Å². The minimum atomic E-state index is -0.0744. The van der Waals surface area contributed by atoms with E-state index in [1.807, 2.05) is 26.8 Å². The Morgan fingerprint density at radius 2 is 2.00 bits per heavy atom. The number of hydrogen-bond donors (Lipinski definition) is 1. The number of hydrogen-bond acceptors (Lipinski definition) is 3. The first-order chi connectivity index (χ1) is 11.0. The lowest BCUT2D eigenvalue weighted by atomic mass is 9.64. The van der Waals surface area contributed by atoms with Crippen molar-refractivity contribution in [2.45, 2.75) is 51.4 Å². The summed E-state index contributed by atoms with van der Waals surface area (Å²) in [6.45, 7) is 6.50. The van der Waals surface area contributed by atoms with Crippen molar-refractivity contribution in [1.29, 1.82) is 0 Å².